The molecule has 7 nitrogen and oxygen atoms in total. The van der Waals surface area contributed by atoms with Gasteiger partial charge in [0.25, 0.3) is 0 Å². The zero-order valence-electron chi connectivity index (χ0n) is 18.2. The molecule has 1 amide bonds. The Morgan fingerprint density at radius 2 is 1.80 bits per heavy atom. The maximum absolute atomic E-state index is 13.2. The van der Waals surface area contributed by atoms with Crippen molar-refractivity contribution in [2.75, 3.05) is 6.61 Å². The Kier molecular flexibility index (Phi) is 9.30. The van der Waals surface area contributed by atoms with E-state index in [1.54, 1.807) is 20.8 Å². The molecule has 0 radical (unpaired) electrons. The summed E-state index contributed by atoms with van der Waals surface area (Å²) in [5, 5.41) is 12.6. The van der Waals surface area contributed by atoms with Gasteiger partial charge < -0.3 is 14.7 Å². The van der Waals surface area contributed by atoms with Crippen LogP contribution < -0.4 is 5.32 Å². The van der Waals surface area contributed by atoms with Crippen LogP contribution in [0.2, 0.25) is 0 Å². The minimum atomic E-state index is -1.02. The maximum atomic E-state index is 13.2. The third kappa shape index (κ3) is 6.55. The summed E-state index contributed by atoms with van der Waals surface area (Å²) in [6, 6.07) is 7.50. The average Bonchev–Trinajstić information content (AvgIpc) is 3.26. The van der Waals surface area contributed by atoms with Crippen molar-refractivity contribution in [3.63, 3.8) is 0 Å². The van der Waals surface area contributed by atoms with E-state index in [1.807, 2.05) is 30.3 Å². The van der Waals surface area contributed by atoms with E-state index in [2.05, 4.69) is 5.32 Å². The van der Waals surface area contributed by atoms with Crippen molar-refractivity contribution < 1.29 is 24.2 Å². The van der Waals surface area contributed by atoms with E-state index >= 15 is 0 Å². The third-order valence-corrected chi connectivity index (χ3v) is 5.70. The number of aliphatic carboxylic acids is 1. The second-order valence-electron chi connectivity index (χ2n) is 7.92. The molecule has 1 aliphatic rings. The molecule has 0 aromatic heterocycles. The number of aryl methyl sites for hydroxylation is 1. The highest BCUT2D eigenvalue weighted by Crippen LogP contribution is 2.26. The summed E-state index contributed by atoms with van der Waals surface area (Å²) in [5.74, 6) is -1.70. The first-order valence-electron chi connectivity index (χ1n) is 10.9. The summed E-state index contributed by atoms with van der Waals surface area (Å²) in [6.07, 6.45) is 4.75. The number of nitrogens with zero attached hydrogens (tertiary/aromatic N) is 1. The normalized spacial score (nSPS) is 17.2. The lowest BCUT2D eigenvalue weighted by atomic mass is 10.0. The van der Waals surface area contributed by atoms with E-state index in [-0.39, 0.29) is 18.6 Å². The van der Waals surface area contributed by atoms with Gasteiger partial charge in [-0.2, -0.15) is 0 Å². The molecule has 1 aromatic rings. The number of benzene rings is 1. The molecule has 3 atom stereocenters. The Labute approximate surface area is 178 Å². The van der Waals surface area contributed by atoms with Crippen LogP contribution in [0.1, 0.15) is 58.4 Å². The number of carbonyl (C=O) groups is 3. The Bertz CT molecular complexity index is 703. The van der Waals surface area contributed by atoms with Crippen LogP contribution >= 0.6 is 0 Å². The Morgan fingerprint density at radius 3 is 2.37 bits per heavy atom. The van der Waals surface area contributed by atoms with Gasteiger partial charge in [0, 0.05) is 6.04 Å². The number of esters is 1. The lowest BCUT2D eigenvalue weighted by Gasteiger charge is -2.35. The van der Waals surface area contributed by atoms with Gasteiger partial charge in [-0.05, 0) is 52.0 Å². The fourth-order valence-electron chi connectivity index (χ4n) is 4.05. The highest BCUT2D eigenvalue weighted by Gasteiger charge is 2.37. The van der Waals surface area contributed by atoms with Crippen LogP contribution in [0.5, 0.6) is 0 Å². The van der Waals surface area contributed by atoms with E-state index in [1.165, 1.54) is 4.90 Å². The van der Waals surface area contributed by atoms with E-state index < -0.39 is 30.1 Å². The molecule has 0 spiro atoms. The molecule has 2 rings (SSSR count). The molecule has 1 aliphatic carbocycles. The van der Waals surface area contributed by atoms with Gasteiger partial charge in [0.2, 0.25) is 5.91 Å². The molecule has 7 heteroatoms. The molecule has 0 saturated heterocycles. The summed E-state index contributed by atoms with van der Waals surface area (Å²) in [7, 11) is 0. The van der Waals surface area contributed by atoms with Gasteiger partial charge in [0.05, 0.1) is 12.6 Å². The van der Waals surface area contributed by atoms with Crippen LogP contribution in [0, 0.1) is 0 Å². The number of carbonyl (C=O) groups excluding carboxylic acids is 2. The largest absolute Gasteiger partial charge is 0.480 e. The Morgan fingerprint density at radius 1 is 1.17 bits per heavy atom. The first-order chi connectivity index (χ1) is 14.3. The fourth-order valence-corrected chi connectivity index (χ4v) is 4.05. The van der Waals surface area contributed by atoms with E-state index in [9.17, 15) is 19.5 Å². The maximum Gasteiger partial charge on any atom is 0.326 e. The molecule has 0 bridgehead atoms. The van der Waals surface area contributed by atoms with Crippen LogP contribution in [0.4, 0.5) is 0 Å². The predicted molar refractivity (Wildman–Crippen MR) is 114 cm³/mol. The summed E-state index contributed by atoms with van der Waals surface area (Å²) < 4.78 is 5.20. The van der Waals surface area contributed by atoms with Gasteiger partial charge >= 0.3 is 11.9 Å². The van der Waals surface area contributed by atoms with E-state index in [4.69, 9.17) is 4.74 Å². The number of hydrogen-bond donors (Lipinski definition) is 2. The number of ether oxygens (including phenoxy) is 1. The highest BCUT2D eigenvalue weighted by molar-refractivity contribution is 5.87. The van der Waals surface area contributed by atoms with Crippen molar-refractivity contribution in [2.24, 2.45) is 0 Å². The quantitative estimate of drug-likeness (QED) is 0.537. The summed E-state index contributed by atoms with van der Waals surface area (Å²) in [6.45, 7) is 5.24. The second-order valence-corrected chi connectivity index (χ2v) is 7.92. The van der Waals surface area contributed by atoms with Crippen molar-refractivity contribution in [1.29, 1.82) is 0 Å². The lowest BCUT2D eigenvalue weighted by Crippen LogP contribution is -2.57. The fraction of sp³-hybridized carbons (Fsp3) is 0.609. The smallest absolute Gasteiger partial charge is 0.326 e. The minimum absolute atomic E-state index is 0.0711. The third-order valence-electron chi connectivity index (χ3n) is 5.70. The SMILES string of the molecule is CCOC(=O)[C@H](CCc1ccccc1)NC(C)C(=O)N(C1CCCC1)[C@@H](C)C(=O)O. The number of carboxylic acids is 1. The Balaban J connectivity index is 2.10. The van der Waals surface area contributed by atoms with E-state index in [0.29, 0.717) is 12.8 Å². The summed E-state index contributed by atoms with van der Waals surface area (Å²) in [4.78, 5) is 38.8. The van der Waals surface area contributed by atoms with Crippen molar-refractivity contribution in [1.82, 2.24) is 10.2 Å². The van der Waals surface area contributed by atoms with Gasteiger partial charge in [0.15, 0.2) is 0 Å². The molecule has 1 aromatic carbocycles. The zero-order valence-corrected chi connectivity index (χ0v) is 18.2. The topological polar surface area (TPSA) is 95.9 Å². The molecular weight excluding hydrogens is 384 g/mol. The molecule has 30 heavy (non-hydrogen) atoms. The highest BCUT2D eigenvalue weighted by atomic mass is 16.5. The van der Waals surface area contributed by atoms with Crippen LogP contribution in [0.15, 0.2) is 30.3 Å². The molecule has 0 heterocycles. The minimum Gasteiger partial charge on any atom is -0.480 e. The molecule has 1 saturated carbocycles. The first kappa shape index (κ1) is 23.9. The number of rotatable bonds is 11. The summed E-state index contributed by atoms with van der Waals surface area (Å²) in [5.41, 5.74) is 1.10. The molecule has 1 fully saturated rings. The predicted octanol–water partition coefficient (Wildman–Crippen LogP) is 2.77. The second kappa shape index (κ2) is 11.7. The summed E-state index contributed by atoms with van der Waals surface area (Å²) >= 11 is 0. The van der Waals surface area contributed by atoms with Crippen molar-refractivity contribution in [3.05, 3.63) is 35.9 Å². The molecule has 2 N–H and O–H groups in total. The first-order valence-corrected chi connectivity index (χ1v) is 10.9. The van der Waals surface area contributed by atoms with Gasteiger partial charge in [-0.3, -0.25) is 14.9 Å². The van der Waals surface area contributed by atoms with Gasteiger partial charge in [0.1, 0.15) is 12.1 Å². The number of amides is 1. The van der Waals surface area contributed by atoms with Crippen LogP contribution in [0.3, 0.4) is 0 Å². The van der Waals surface area contributed by atoms with Gasteiger partial charge in [-0.25, -0.2) is 4.79 Å². The van der Waals surface area contributed by atoms with Crippen molar-refractivity contribution in [3.8, 4) is 0 Å². The molecule has 1 unspecified atom stereocenters. The van der Waals surface area contributed by atoms with Crippen LogP contribution in [-0.2, 0) is 25.5 Å². The van der Waals surface area contributed by atoms with Crippen LogP contribution in [-0.4, -0.2) is 58.6 Å². The van der Waals surface area contributed by atoms with Gasteiger partial charge in [-0.1, -0.05) is 43.2 Å². The molecule has 0 aliphatic heterocycles. The average molecular weight is 419 g/mol. The Hall–Kier alpha value is -2.41. The van der Waals surface area contributed by atoms with Crippen LogP contribution in [0.25, 0.3) is 0 Å². The molecular formula is C23H34N2O5. The van der Waals surface area contributed by atoms with Crippen molar-refractivity contribution >= 4 is 17.8 Å². The number of nitrogens with one attached hydrogen (secondary N) is 1. The standard InChI is InChI=1S/C23H34N2O5/c1-4-30-23(29)20(15-14-18-10-6-5-7-11-18)24-16(2)21(26)25(17(3)22(27)28)19-12-8-9-13-19/h5-7,10-11,16-17,19-20,24H,4,8-9,12-15H2,1-3H3,(H,27,28)/t16?,17-,20-/m0/s1. The lowest BCUT2D eigenvalue weighted by molar-refractivity contribution is -0.153. The number of hydrogen-bond acceptors (Lipinski definition) is 5. The van der Waals surface area contributed by atoms with Gasteiger partial charge in [-0.15, -0.1) is 0 Å². The monoisotopic (exact) mass is 418 g/mol. The molecule has 166 valence electrons. The van der Waals surface area contributed by atoms with E-state index in [0.717, 1.165) is 31.2 Å². The zero-order chi connectivity index (χ0) is 22.1. The van der Waals surface area contributed by atoms with Crippen molar-refractivity contribution in [2.45, 2.75) is 83.5 Å². The number of carboxylic acid groups (broad SMARTS) is 1.